The maximum absolute atomic E-state index is 5.62. The smallest absolute Gasteiger partial charge is 0.130 e. The lowest BCUT2D eigenvalue weighted by Gasteiger charge is -2.29. The zero-order valence-corrected chi connectivity index (χ0v) is 12.4. The molecule has 4 nitrogen and oxygen atoms in total. The van der Waals surface area contributed by atoms with E-state index in [9.17, 15) is 0 Å². The second kappa shape index (κ2) is 6.26. The number of hydrogen-bond acceptors (Lipinski definition) is 4. The molecule has 2 rings (SSSR count). The molecule has 0 unspecified atom stereocenters. The summed E-state index contributed by atoms with van der Waals surface area (Å²) in [6, 6.07) is 2.11. The summed E-state index contributed by atoms with van der Waals surface area (Å²) in [5, 5.41) is 3.38. The third-order valence-corrected chi connectivity index (χ3v) is 3.82. The Morgan fingerprint density at radius 3 is 2.42 bits per heavy atom. The summed E-state index contributed by atoms with van der Waals surface area (Å²) >= 11 is 0. The van der Waals surface area contributed by atoms with E-state index < -0.39 is 0 Å². The Morgan fingerprint density at radius 2 is 1.84 bits per heavy atom. The molecule has 106 valence electrons. The highest BCUT2D eigenvalue weighted by atomic mass is 16.5. The van der Waals surface area contributed by atoms with Crippen molar-refractivity contribution in [1.29, 1.82) is 0 Å². The predicted octanol–water partition coefficient (Wildman–Crippen LogP) is 1.73. The largest absolute Gasteiger partial charge is 0.496 e. The number of piperazine rings is 1. The summed E-state index contributed by atoms with van der Waals surface area (Å²) in [6.07, 6.45) is 0. The number of benzene rings is 1. The molecule has 0 amide bonds. The third-order valence-electron chi connectivity index (χ3n) is 3.82. The molecule has 0 radical (unpaired) electrons. The first kappa shape index (κ1) is 14.2. The molecule has 1 aliphatic rings. The van der Waals surface area contributed by atoms with Crippen molar-refractivity contribution in [3.05, 3.63) is 22.8 Å². The Hall–Kier alpha value is -1.26. The lowest BCUT2D eigenvalue weighted by molar-refractivity contribution is 0.229. The molecular formula is C15H24N2O2. The van der Waals surface area contributed by atoms with Gasteiger partial charge in [-0.05, 0) is 25.5 Å². The number of ether oxygens (including phenoxy) is 2. The number of rotatable bonds is 4. The molecule has 0 aromatic heterocycles. The summed E-state index contributed by atoms with van der Waals surface area (Å²) < 4.78 is 11.0. The molecule has 19 heavy (non-hydrogen) atoms. The van der Waals surface area contributed by atoms with Gasteiger partial charge in [0.1, 0.15) is 11.5 Å². The fraction of sp³-hybridized carbons (Fsp3) is 0.600. The second-order valence-corrected chi connectivity index (χ2v) is 5.06. The average molecular weight is 264 g/mol. The van der Waals surface area contributed by atoms with Crippen LogP contribution in [0.2, 0.25) is 0 Å². The minimum atomic E-state index is 0.901. The van der Waals surface area contributed by atoms with Crippen molar-refractivity contribution in [3.63, 3.8) is 0 Å². The first-order chi connectivity index (χ1) is 9.17. The Labute approximate surface area is 115 Å². The Morgan fingerprint density at radius 1 is 1.16 bits per heavy atom. The molecular weight excluding hydrogens is 240 g/mol. The fourth-order valence-electron chi connectivity index (χ4n) is 2.69. The van der Waals surface area contributed by atoms with Crippen LogP contribution in [-0.2, 0) is 6.54 Å². The summed E-state index contributed by atoms with van der Waals surface area (Å²) in [5.41, 5.74) is 3.60. The van der Waals surface area contributed by atoms with Crippen LogP contribution >= 0.6 is 0 Å². The van der Waals surface area contributed by atoms with Gasteiger partial charge in [-0.3, -0.25) is 4.90 Å². The maximum atomic E-state index is 5.62. The van der Waals surface area contributed by atoms with Gasteiger partial charge in [-0.1, -0.05) is 0 Å². The molecule has 1 fully saturated rings. The highest BCUT2D eigenvalue weighted by Crippen LogP contribution is 2.34. The number of nitrogens with one attached hydrogen (secondary N) is 1. The molecule has 1 heterocycles. The number of hydrogen-bond donors (Lipinski definition) is 1. The quantitative estimate of drug-likeness (QED) is 0.898. The highest BCUT2D eigenvalue weighted by Gasteiger charge is 2.18. The average Bonchev–Trinajstić information content (AvgIpc) is 2.44. The number of nitrogens with zero attached hydrogens (tertiary/aromatic N) is 1. The van der Waals surface area contributed by atoms with Crippen LogP contribution in [0.15, 0.2) is 6.07 Å². The molecule has 0 aliphatic carbocycles. The van der Waals surface area contributed by atoms with Gasteiger partial charge >= 0.3 is 0 Å². The highest BCUT2D eigenvalue weighted by molar-refractivity contribution is 5.53. The van der Waals surface area contributed by atoms with Crippen LogP contribution in [0.1, 0.15) is 16.7 Å². The van der Waals surface area contributed by atoms with Crippen molar-refractivity contribution in [3.8, 4) is 11.5 Å². The first-order valence-electron chi connectivity index (χ1n) is 6.81. The zero-order valence-electron chi connectivity index (χ0n) is 12.4. The molecule has 1 aromatic rings. The molecule has 1 aliphatic heterocycles. The van der Waals surface area contributed by atoms with Gasteiger partial charge in [0.2, 0.25) is 0 Å². The molecule has 4 heteroatoms. The van der Waals surface area contributed by atoms with E-state index in [2.05, 4.69) is 30.1 Å². The second-order valence-electron chi connectivity index (χ2n) is 5.06. The molecule has 1 aromatic carbocycles. The van der Waals surface area contributed by atoms with Gasteiger partial charge in [-0.2, -0.15) is 0 Å². The van der Waals surface area contributed by atoms with Gasteiger partial charge in [0.05, 0.1) is 14.2 Å². The van der Waals surface area contributed by atoms with Crippen LogP contribution in [0.5, 0.6) is 11.5 Å². The van der Waals surface area contributed by atoms with Gasteiger partial charge in [-0.25, -0.2) is 0 Å². The van der Waals surface area contributed by atoms with E-state index in [4.69, 9.17) is 9.47 Å². The van der Waals surface area contributed by atoms with E-state index in [1.165, 1.54) is 11.1 Å². The lowest BCUT2D eigenvalue weighted by Crippen LogP contribution is -2.43. The van der Waals surface area contributed by atoms with E-state index in [0.717, 1.165) is 49.8 Å². The fourth-order valence-corrected chi connectivity index (χ4v) is 2.69. The van der Waals surface area contributed by atoms with Gasteiger partial charge in [0.15, 0.2) is 0 Å². The van der Waals surface area contributed by atoms with E-state index in [-0.39, 0.29) is 0 Å². The Balaban J connectivity index is 2.30. The van der Waals surface area contributed by atoms with Gasteiger partial charge in [0, 0.05) is 43.9 Å². The zero-order chi connectivity index (χ0) is 13.8. The SMILES string of the molecule is COc1cc(C)c(CN2CCNCC2)c(OC)c1C. The molecule has 0 spiro atoms. The van der Waals surface area contributed by atoms with E-state index in [1.807, 2.05) is 0 Å². The summed E-state index contributed by atoms with van der Waals surface area (Å²) in [7, 11) is 3.44. The van der Waals surface area contributed by atoms with E-state index >= 15 is 0 Å². The molecule has 0 atom stereocenters. The molecule has 1 N–H and O–H groups in total. The standard InChI is InChI=1S/C15H24N2O2/c1-11-9-14(18-3)12(2)15(19-4)13(11)10-17-7-5-16-6-8-17/h9,16H,5-8,10H2,1-4H3. The van der Waals surface area contributed by atoms with Crippen LogP contribution in [0.3, 0.4) is 0 Å². The van der Waals surface area contributed by atoms with E-state index in [1.54, 1.807) is 14.2 Å². The maximum Gasteiger partial charge on any atom is 0.130 e. The normalized spacial score (nSPS) is 16.4. The number of aryl methyl sites for hydroxylation is 1. The van der Waals surface area contributed by atoms with Crippen LogP contribution < -0.4 is 14.8 Å². The first-order valence-corrected chi connectivity index (χ1v) is 6.81. The van der Waals surface area contributed by atoms with Crippen molar-refractivity contribution < 1.29 is 9.47 Å². The molecule has 0 bridgehead atoms. The predicted molar refractivity (Wildman–Crippen MR) is 77.2 cm³/mol. The van der Waals surface area contributed by atoms with Gasteiger partial charge in [-0.15, -0.1) is 0 Å². The van der Waals surface area contributed by atoms with Crippen molar-refractivity contribution in [1.82, 2.24) is 10.2 Å². The van der Waals surface area contributed by atoms with Crippen LogP contribution in [0.4, 0.5) is 0 Å². The molecule has 1 saturated heterocycles. The summed E-state index contributed by atoms with van der Waals surface area (Å²) in [5.74, 6) is 1.87. The van der Waals surface area contributed by atoms with Gasteiger partial charge in [0.25, 0.3) is 0 Å². The molecule has 0 saturated carbocycles. The van der Waals surface area contributed by atoms with Crippen LogP contribution in [-0.4, -0.2) is 45.3 Å². The van der Waals surface area contributed by atoms with Crippen LogP contribution in [0, 0.1) is 13.8 Å². The minimum Gasteiger partial charge on any atom is -0.496 e. The number of methoxy groups -OCH3 is 2. The van der Waals surface area contributed by atoms with Crippen molar-refractivity contribution in [2.24, 2.45) is 0 Å². The van der Waals surface area contributed by atoms with Crippen LogP contribution in [0.25, 0.3) is 0 Å². The monoisotopic (exact) mass is 264 g/mol. The summed E-state index contributed by atoms with van der Waals surface area (Å²) in [6.45, 7) is 9.44. The lowest BCUT2D eigenvalue weighted by atomic mass is 10.0. The Kier molecular flexibility index (Phi) is 4.66. The minimum absolute atomic E-state index is 0.901. The van der Waals surface area contributed by atoms with Crippen molar-refractivity contribution >= 4 is 0 Å². The van der Waals surface area contributed by atoms with Gasteiger partial charge < -0.3 is 14.8 Å². The van der Waals surface area contributed by atoms with Crippen molar-refractivity contribution in [2.45, 2.75) is 20.4 Å². The topological polar surface area (TPSA) is 33.7 Å². The summed E-state index contributed by atoms with van der Waals surface area (Å²) in [4.78, 5) is 2.47. The third kappa shape index (κ3) is 3.01. The van der Waals surface area contributed by atoms with Crippen molar-refractivity contribution in [2.75, 3.05) is 40.4 Å². The Bertz CT molecular complexity index is 440. The van der Waals surface area contributed by atoms with E-state index in [0.29, 0.717) is 0 Å².